The number of hydrogen-bond donors (Lipinski definition) is 1. The van der Waals surface area contributed by atoms with Crippen molar-refractivity contribution in [2.24, 2.45) is 11.8 Å². The topological polar surface area (TPSA) is 97.1 Å². The Morgan fingerprint density at radius 2 is 1.75 bits per heavy atom. The van der Waals surface area contributed by atoms with Gasteiger partial charge in [-0.15, -0.1) is 0 Å². The number of ketones is 1. The minimum Gasteiger partial charge on any atom is -0.457 e. The summed E-state index contributed by atoms with van der Waals surface area (Å²) in [6, 6.07) is 18.7. The van der Waals surface area contributed by atoms with E-state index in [4.69, 9.17) is 14.3 Å². The molecule has 2 aromatic carbocycles. The SMILES string of the molecule is Cc1cccc(-c2cc(C(=O)C(Cc3ccccc3)C(=O)N3C(=O)OCC3C(C)C)oc2CCCCCCO)c1. The summed E-state index contributed by atoms with van der Waals surface area (Å²) in [6.07, 6.45) is 3.52. The molecule has 1 N–H and O–H groups in total. The van der Waals surface area contributed by atoms with Crippen molar-refractivity contribution in [1.29, 1.82) is 0 Å². The lowest BCUT2D eigenvalue weighted by Crippen LogP contribution is -2.47. The maximum atomic E-state index is 14.1. The Hall–Kier alpha value is -3.71. The van der Waals surface area contributed by atoms with Gasteiger partial charge in [-0.3, -0.25) is 9.59 Å². The van der Waals surface area contributed by atoms with Gasteiger partial charge in [-0.2, -0.15) is 0 Å². The number of Topliss-reactive ketones (excluding diaryl/α,β-unsaturated/α-hetero) is 1. The average Bonchev–Trinajstić information content (AvgIpc) is 3.55. The molecule has 2 heterocycles. The fourth-order valence-corrected chi connectivity index (χ4v) is 5.21. The molecule has 1 fully saturated rings. The monoisotopic (exact) mass is 545 g/mol. The van der Waals surface area contributed by atoms with E-state index in [1.165, 1.54) is 0 Å². The molecule has 2 atom stereocenters. The highest BCUT2D eigenvalue weighted by molar-refractivity contribution is 6.12. The second-order valence-electron chi connectivity index (χ2n) is 10.9. The number of benzene rings is 2. The Morgan fingerprint density at radius 1 is 1.00 bits per heavy atom. The third kappa shape index (κ3) is 6.89. The Kier molecular flexibility index (Phi) is 9.93. The van der Waals surface area contributed by atoms with Crippen LogP contribution in [0.1, 0.15) is 67.0 Å². The van der Waals surface area contributed by atoms with E-state index in [-0.39, 0.29) is 31.3 Å². The highest BCUT2D eigenvalue weighted by Gasteiger charge is 2.44. The van der Waals surface area contributed by atoms with Crippen LogP contribution < -0.4 is 0 Å². The van der Waals surface area contributed by atoms with Gasteiger partial charge in [0.25, 0.3) is 0 Å². The van der Waals surface area contributed by atoms with Crippen molar-refractivity contribution < 1.29 is 28.6 Å². The van der Waals surface area contributed by atoms with Crippen LogP contribution in [0.25, 0.3) is 11.1 Å². The second kappa shape index (κ2) is 13.6. The van der Waals surface area contributed by atoms with Gasteiger partial charge in [0.2, 0.25) is 11.7 Å². The molecule has 1 aliphatic heterocycles. The first-order valence-electron chi connectivity index (χ1n) is 14.2. The third-order valence-electron chi connectivity index (χ3n) is 7.50. The lowest BCUT2D eigenvalue weighted by molar-refractivity contribution is -0.132. The molecular weight excluding hydrogens is 506 g/mol. The number of aryl methyl sites for hydroxylation is 2. The van der Waals surface area contributed by atoms with E-state index in [0.29, 0.717) is 12.2 Å². The number of carbonyl (C=O) groups is 3. The third-order valence-corrected chi connectivity index (χ3v) is 7.50. The zero-order valence-electron chi connectivity index (χ0n) is 23.6. The van der Waals surface area contributed by atoms with E-state index < -0.39 is 29.7 Å². The summed E-state index contributed by atoms with van der Waals surface area (Å²) in [5.41, 5.74) is 3.69. The van der Waals surface area contributed by atoms with Gasteiger partial charge >= 0.3 is 6.09 Å². The predicted molar refractivity (Wildman–Crippen MR) is 153 cm³/mol. The van der Waals surface area contributed by atoms with Gasteiger partial charge in [0.1, 0.15) is 18.3 Å². The Balaban J connectivity index is 1.69. The van der Waals surface area contributed by atoms with Crippen molar-refractivity contribution in [2.75, 3.05) is 13.2 Å². The minimum absolute atomic E-state index is 0.0168. The van der Waals surface area contributed by atoms with Gasteiger partial charge < -0.3 is 14.3 Å². The number of imide groups is 1. The van der Waals surface area contributed by atoms with Gasteiger partial charge in [0, 0.05) is 18.6 Å². The number of ether oxygens (including phenoxy) is 1. The van der Waals surface area contributed by atoms with Crippen molar-refractivity contribution in [3.8, 4) is 11.1 Å². The maximum Gasteiger partial charge on any atom is 0.417 e. The molecule has 40 heavy (non-hydrogen) atoms. The molecule has 7 nitrogen and oxygen atoms in total. The van der Waals surface area contributed by atoms with E-state index >= 15 is 0 Å². The average molecular weight is 546 g/mol. The molecule has 1 aromatic heterocycles. The number of cyclic esters (lactones) is 1. The van der Waals surface area contributed by atoms with Gasteiger partial charge in [-0.1, -0.05) is 86.8 Å². The van der Waals surface area contributed by atoms with Crippen LogP contribution in [0.5, 0.6) is 0 Å². The number of carbonyl (C=O) groups excluding carboxylic acids is 3. The van der Waals surface area contributed by atoms with Crippen LogP contribution in [0.4, 0.5) is 4.79 Å². The summed E-state index contributed by atoms with van der Waals surface area (Å²) >= 11 is 0. The molecule has 212 valence electrons. The lowest BCUT2D eigenvalue weighted by Gasteiger charge is -2.26. The summed E-state index contributed by atoms with van der Waals surface area (Å²) in [5.74, 6) is -1.35. The molecule has 3 aromatic rings. The van der Waals surface area contributed by atoms with E-state index in [9.17, 15) is 14.4 Å². The van der Waals surface area contributed by atoms with Crippen LogP contribution in [0.3, 0.4) is 0 Å². The first kappa shape index (κ1) is 29.3. The first-order valence-corrected chi connectivity index (χ1v) is 14.2. The lowest BCUT2D eigenvalue weighted by atomic mass is 9.91. The van der Waals surface area contributed by atoms with Gasteiger partial charge in [0.05, 0.1) is 6.04 Å². The van der Waals surface area contributed by atoms with E-state index in [0.717, 1.165) is 52.8 Å². The molecule has 0 bridgehead atoms. The van der Waals surface area contributed by atoms with Gasteiger partial charge in [0.15, 0.2) is 5.76 Å². The molecule has 0 saturated carbocycles. The molecule has 0 spiro atoms. The molecule has 0 aliphatic carbocycles. The van der Waals surface area contributed by atoms with Crippen LogP contribution in [0, 0.1) is 18.8 Å². The van der Waals surface area contributed by atoms with Crippen molar-refractivity contribution in [1.82, 2.24) is 4.90 Å². The zero-order chi connectivity index (χ0) is 28.6. The number of rotatable bonds is 13. The van der Waals surface area contributed by atoms with Crippen LogP contribution in [0.2, 0.25) is 0 Å². The van der Waals surface area contributed by atoms with E-state index in [1.54, 1.807) is 6.07 Å². The largest absolute Gasteiger partial charge is 0.457 e. The summed E-state index contributed by atoms with van der Waals surface area (Å²) < 4.78 is 11.5. The normalized spacial score (nSPS) is 15.9. The first-order chi connectivity index (χ1) is 19.3. The zero-order valence-corrected chi connectivity index (χ0v) is 23.6. The molecule has 2 amide bonds. The number of furan rings is 1. The molecule has 1 aliphatic rings. The van der Waals surface area contributed by atoms with Gasteiger partial charge in [-0.25, -0.2) is 9.69 Å². The Morgan fingerprint density at radius 3 is 2.45 bits per heavy atom. The van der Waals surface area contributed by atoms with E-state index in [2.05, 4.69) is 6.07 Å². The maximum absolute atomic E-state index is 14.1. The molecule has 4 rings (SSSR count). The highest BCUT2D eigenvalue weighted by atomic mass is 16.6. The predicted octanol–water partition coefficient (Wildman–Crippen LogP) is 6.40. The summed E-state index contributed by atoms with van der Waals surface area (Å²) in [6.45, 7) is 6.15. The fourth-order valence-electron chi connectivity index (χ4n) is 5.21. The molecular formula is C33H39NO6. The fraction of sp³-hybridized carbons (Fsp3) is 0.424. The smallest absolute Gasteiger partial charge is 0.417 e. The number of nitrogens with zero attached hydrogens (tertiary/aromatic N) is 1. The van der Waals surface area contributed by atoms with Crippen LogP contribution in [-0.2, 0) is 22.4 Å². The Bertz CT molecular complexity index is 1310. The minimum atomic E-state index is -1.14. The summed E-state index contributed by atoms with van der Waals surface area (Å²) in [5, 5.41) is 9.09. The highest BCUT2D eigenvalue weighted by Crippen LogP contribution is 2.32. The number of aliphatic hydroxyl groups excluding tert-OH is 1. The summed E-state index contributed by atoms with van der Waals surface area (Å²) in [4.78, 5) is 41.8. The molecule has 1 saturated heterocycles. The number of hydrogen-bond acceptors (Lipinski definition) is 6. The van der Waals surface area contributed by atoms with Crippen LogP contribution in [-0.4, -0.2) is 47.0 Å². The van der Waals surface area contributed by atoms with E-state index in [1.807, 2.05) is 69.3 Å². The van der Waals surface area contributed by atoms with Crippen LogP contribution in [0.15, 0.2) is 65.1 Å². The van der Waals surface area contributed by atoms with Crippen molar-refractivity contribution in [3.05, 3.63) is 83.3 Å². The summed E-state index contributed by atoms with van der Waals surface area (Å²) in [7, 11) is 0. The van der Waals surface area contributed by atoms with Crippen molar-refractivity contribution in [2.45, 2.75) is 65.3 Å². The molecule has 0 radical (unpaired) electrons. The molecule has 2 unspecified atom stereocenters. The number of unbranched alkanes of at least 4 members (excludes halogenated alkanes) is 3. The Labute approximate surface area is 236 Å². The quantitative estimate of drug-likeness (QED) is 0.152. The van der Waals surface area contributed by atoms with Crippen molar-refractivity contribution in [3.63, 3.8) is 0 Å². The molecule has 7 heteroatoms. The van der Waals surface area contributed by atoms with Crippen molar-refractivity contribution >= 4 is 17.8 Å². The number of aliphatic hydroxyl groups is 1. The van der Waals surface area contributed by atoms with Gasteiger partial charge in [-0.05, 0) is 49.3 Å². The standard InChI is InChI=1S/C33H39NO6/c1-22(2)28-21-39-33(38)34(28)32(37)27(19-24-13-7-6-8-14-24)31(36)30-20-26(25-15-11-12-23(3)18-25)29(40-30)16-9-4-5-10-17-35/h6-8,11-15,18,20,22,27-28,35H,4-5,9-10,16-17,19,21H2,1-3H3. The van der Waals surface area contributed by atoms with Crippen LogP contribution >= 0.6 is 0 Å². The second-order valence-corrected chi connectivity index (χ2v) is 10.9. The number of amides is 2.